The number of H-pyrrole nitrogens is 1. The second-order valence-electron chi connectivity index (χ2n) is 10.7. The van der Waals surface area contributed by atoms with E-state index in [1.807, 2.05) is 12.4 Å². The topological polar surface area (TPSA) is 112 Å². The van der Waals surface area contributed by atoms with Gasteiger partial charge in [-0.2, -0.15) is 4.98 Å². The van der Waals surface area contributed by atoms with Gasteiger partial charge in [-0.15, -0.1) is 0 Å². The molecule has 3 heterocycles. The second kappa shape index (κ2) is 7.02. The van der Waals surface area contributed by atoms with Gasteiger partial charge in [0, 0.05) is 23.8 Å². The van der Waals surface area contributed by atoms with Crippen molar-refractivity contribution in [2.45, 2.75) is 63.1 Å². The smallest absolute Gasteiger partial charge is 0.240 e. The largest absolute Gasteiger partial charge is 0.390 e. The van der Waals surface area contributed by atoms with E-state index < -0.39 is 5.60 Å². The van der Waals surface area contributed by atoms with Gasteiger partial charge in [0.2, 0.25) is 11.7 Å². The highest BCUT2D eigenvalue weighted by Gasteiger charge is 2.54. The normalized spacial score (nSPS) is 33.3. The molecule has 0 amide bonds. The van der Waals surface area contributed by atoms with Crippen LogP contribution in [-0.2, 0) is 6.54 Å². The summed E-state index contributed by atoms with van der Waals surface area (Å²) < 4.78 is 5.55. The Kier molecular flexibility index (Phi) is 4.18. The number of fused-ring (bicyclic) bond motifs is 1. The van der Waals surface area contributed by atoms with Crippen molar-refractivity contribution in [2.75, 3.05) is 11.9 Å². The molecule has 5 fully saturated rings. The van der Waals surface area contributed by atoms with E-state index in [4.69, 9.17) is 4.52 Å². The number of pyridine rings is 1. The average molecular weight is 435 g/mol. The van der Waals surface area contributed by atoms with Gasteiger partial charge in [-0.05, 0) is 81.2 Å². The van der Waals surface area contributed by atoms with Crippen LogP contribution in [-0.4, -0.2) is 43.4 Å². The zero-order valence-electron chi connectivity index (χ0n) is 18.2. The van der Waals surface area contributed by atoms with Crippen molar-refractivity contribution >= 4 is 16.7 Å². The maximum absolute atomic E-state index is 11.0. The Morgan fingerprint density at radius 3 is 2.81 bits per heavy atom. The van der Waals surface area contributed by atoms with Crippen molar-refractivity contribution in [3.05, 3.63) is 24.4 Å². The highest BCUT2D eigenvalue weighted by Crippen LogP contribution is 2.56. The molecule has 0 radical (unpaired) electrons. The van der Waals surface area contributed by atoms with Gasteiger partial charge in [0.05, 0.1) is 23.4 Å². The molecule has 0 aliphatic heterocycles. The fraction of sp³-hybridized carbons (Fsp3) is 0.625. The van der Waals surface area contributed by atoms with Crippen LogP contribution in [0.25, 0.3) is 22.4 Å². The molecule has 8 heteroatoms. The molecular formula is C24H30N6O2. The molecule has 5 aliphatic rings. The maximum Gasteiger partial charge on any atom is 0.240 e. The monoisotopic (exact) mass is 434 g/mol. The van der Waals surface area contributed by atoms with E-state index >= 15 is 0 Å². The highest BCUT2D eigenvalue weighted by molar-refractivity contribution is 5.97. The van der Waals surface area contributed by atoms with E-state index in [0.717, 1.165) is 54.0 Å². The first-order valence-electron chi connectivity index (χ1n) is 12.1. The summed E-state index contributed by atoms with van der Waals surface area (Å²) in [7, 11) is 0. The molecular weight excluding hydrogens is 404 g/mol. The predicted molar refractivity (Wildman–Crippen MR) is 120 cm³/mol. The molecule has 8 nitrogen and oxygen atoms in total. The minimum absolute atomic E-state index is 0.359. The van der Waals surface area contributed by atoms with Crippen LogP contribution in [0, 0.1) is 23.7 Å². The first-order valence-corrected chi connectivity index (χ1v) is 12.1. The van der Waals surface area contributed by atoms with Gasteiger partial charge in [-0.1, -0.05) is 5.16 Å². The predicted octanol–water partition coefficient (Wildman–Crippen LogP) is 3.46. The number of aromatic amines is 1. The molecule has 2 atom stereocenters. The molecule has 0 saturated heterocycles. The third-order valence-corrected chi connectivity index (χ3v) is 8.25. The van der Waals surface area contributed by atoms with Gasteiger partial charge in [-0.25, -0.2) is 4.98 Å². The van der Waals surface area contributed by atoms with Crippen molar-refractivity contribution in [3.63, 3.8) is 0 Å². The Morgan fingerprint density at radius 2 is 2.03 bits per heavy atom. The Bertz CT molecular complexity index is 1130. The lowest BCUT2D eigenvalue weighted by molar-refractivity contribution is -0.129. The van der Waals surface area contributed by atoms with E-state index in [2.05, 4.69) is 36.8 Å². The van der Waals surface area contributed by atoms with Crippen molar-refractivity contribution in [3.8, 4) is 11.4 Å². The number of nitrogens with one attached hydrogen (secondary N) is 3. The lowest BCUT2D eigenvalue weighted by Crippen LogP contribution is -2.59. The van der Waals surface area contributed by atoms with Crippen LogP contribution in [0.3, 0.4) is 0 Å². The fourth-order valence-electron chi connectivity index (χ4n) is 6.86. The zero-order valence-corrected chi connectivity index (χ0v) is 18.2. The first kappa shape index (κ1) is 19.1. The molecule has 5 saturated carbocycles. The van der Waals surface area contributed by atoms with Gasteiger partial charge in [0.15, 0.2) is 0 Å². The molecule has 0 spiro atoms. The third-order valence-electron chi connectivity index (χ3n) is 8.25. The van der Waals surface area contributed by atoms with Crippen LogP contribution in [0.15, 0.2) is 23.0 Å². The Labute approximate surface area is 186 Å². The van der Waals surface area contributed by atoms with Gasteiger partial charge in [0.25, 0.3) is 0 Å². The van der Waals surface area contributed by atoms with Crippen molar-refractivity contribution in [1.82, 2.24) is 25.4 Å². The van der Waals surface area contributed by atoms with Crippen LogP contribution in [0.4, 0.5) is 5.69 Å². The quantitative estimate of drug-likeness (QED) is 0.450. The van der Waals surface area contributed by atoms with Crippen molar-refractivity contribution in [2.24, 2.45) is 23.7 Å². The van der Waals surface area contributed by atoms with E-state index in [1.165, 1.54) is 25.7 Å². The summed E-state index contributed by atoms with van der Waals surface area (Å²) in [5.41, 5.74) is 2.32. The summed E-state index contributed by atoms with van der Waals surface area (Å²) >= 11 is 0. The molecule has 2 unspecified atom stereocenters. The summed E-state index contributed by atoms with van der Waals surface area (Å²) in [6.07, 6.45) is 11.7. The fourth-order valence-corrected chi connectivity index (χ4v) is 6.86. The van der Waals surface area contributed by atoms with Crippen molar-refractivity contribution < 1.29 is 9.63 Å². The maximum atomic E-state index is 11.0. The first-order chi connectivity index (χ1) is 15.6. The van der Waals surface area contributed by atoms with Crippen LogP contribution < -0.4 is 10.6 Å². The minimum atomic E-state index is -0.435. The molecule has 3 aromatic heterocycles. The lowest BCUT2D eigenvalue weighted by atomic mass is 9.52. The van der Waals surface area contributed by atoms with Crippen LogP contribution in [0.2, 0.25) is 0 Å². The Morgan fingerprint density at radius 1 is 1.19 bits per heavy atom. The molecule has 4 bridgehead atoms. The number of aliphatic hydroxyl groups is 1. The summed E-state index contributed by atoms with van der Waals surface area (Å²) in [4.78, 5) is 12.5. The minimum Gasteiger partial charge on any atom is -0.390 e. The number of rotatable bonds is 7. The van der Waals surface area contributed by atoms with Crippen LogP contribution >= 0.6 is 0 Å². The highest BCUT2D eigenvalue weighted by atomic mass is 16.5. The number of aromatic nitrogens is 4. The van der Waals surface area contributed by atoms with Gasteiger partial charge < -0.3 is 25.2 Å². The molecule has 3 aromatic rings. The summed E-state index contributed by atoms with van der Waals surface area (Å²) in [5.74, 6) is 3.70. The SMILES string of the molecule is OC12CC3CC(C1)C(Nc1c(-c4noc(CNCC5CC5)n4)cnc4[nH]ccc14)C(C3)C2. The molecule has 4 N–H and O–H groups in total. The van der Waals surface area contributed by atoms with Gasteiger partial charge in [-0.3, -0.25) is 0 Å². The average Bonchev–Trinajstić information content (AvgIpc) is 3.25. The van der Waals surface area contributed by atoms with Crippen LogP contribution in [0.5, 0.6) is 0 Å². The number of anilines is 1. The van der Waals surface area contributed by atoms with Crippen LogP contribution in [0.1, 0.15) is 50.8 Å². The summed E-state index contributed by atoms with van der Waals surface area (Å²) in [6, 6.07) is 2.42. The Balaban J connectivity index is 1.19. The molecule has 8 rings (SSSR count). The van der Waals surface area contributed by atoms with Gasteiger partial charge in [0.1, 0.15) is 5.65 Å². The molecule has 168 valence electrons. The second-order valence-corrected chi connectivity index (χ2v) is 10.7. The third kappa shape index (κ3) is 3.23. The summed E-state index contributed by atoms with van der Waals surface area (Å²) in [5, 5.41) is 23.6. The van der Waals surface area contributed by atoms with Gasteiger partial charge >= 0.3 is 0 Å². The Hall–Kier alpha value is -2.45. The van der Waals surface area contributed by atoms with E-state index in [9.17, 15) is 5.11 Å². The van der Waals surface area contributed by atoms with Crippen molar-refractivity contribution in [1.29, 1.82) is 0 Å². The van der Waals surface area contributed by atoms with E-state index in [1.54, 1.807) is 0 Å². The molecule has 5 aliphatic carbocycles. The van der Waals surface area contributed by atoms with E-state index in [-0.39, 0.29) is 0 Å². The lowest BCUT2D eigenvalue weighted by Gasteiger charge is -2.58. The standard InChI is InChI=1S/C24H30N6O2/c31-24-7-14-5-15(8-24)20(16(6-14)9-24)29-21-17-3-4-26-22(17)27-11-18(21)23-28-19(32-30-23)12-25-10-13-1-2-13/h3-4,11,13-16,20,25,31H,1-2,5-10,12H2,(H2,26,27,29). The summed E-state index contributed by atoms with van der Waals surface area (Å²) in [6.45, 7) is 1.61. The molecule has 32 heavy (non-hydrogen) atoms. The number of hydrogen-bond acceptors (Lipinski definition) is 7. The van der Waals surface area contributed by atoms with E-state index in [0.29, 0.717) is 42.1 Å². The number of nitrogens with zero attached hydrogens (tertiary/aromatic N) is 3. The molecule has 0 aromatic carbocycles. The zero-order chi connectivity index (χ0) is 21.3. The number of hydrogen-bond donors (Lipinski definition) is 4.